The van der Waals surface area contributed by atoms with Gasteiger partial charge in [-0.3, -0.25) is 9.59 Å². The third kappa shape index (κ3) is 2.90. The van der Waals surface area contributed by atoms with Crippen molar-refractivity contribution in [1.82, 2.24) is 4.90 Å². The molecule has 1 amide bonds. The molecule has 0 aromatic rings. The zero-order chi connectivity index (χ0) is 15.6. The SMILES string of the molecule is C=C1CC(C)C(=O)N1C(C)(C)C(C)(C)C(C)=O.CC. The first-order chi connectivity index (χ1) is 8.53. The predicted octanol–water partition coefficient (Wildman–Crippen LogP) is 3.79. The molecule has 19 heavy (non-hydrogen) atoms. The van der Waals surface area contributed by atoms with E-state index in [0.29, 0.717) is 6.42 Å². The van der Waals surface area contributed by atoms with Gasteiger partial charge in [0.2, 0.25) is 5.91 Å². The lowest BCUT2D eigenvalue weighted by atomic mass is 9.70. The smallest absolute Gasteiger partial charge is 0.230 e. The molecule has 3 heteroatoms. The first-order valence-corrected chi connectivity index (χ1v) is 7.06. The highest BCUT2D eigenvalue weighted by atomic mass is 16.2. The monoisotopic (exact) mass is 267 g/mol. The molecule has 1 heterocycles. The van der Waals surface area contributed by atoms with Crippen molar-refractivity contribution in [3.8, 4) is 0 Å². The van der Waals surface area contributed by atoms with Gasteiger partial charge in [-0.05, 0) is 27.2 Å². The van der Waals surface area contributed by atoms with Gasteiger partial charge in [0.15, 0.2) is 0 Å². The zero-order valence-corrected chi connectivity index (χ0v) is 13.8. The summed E-state index contributed by atoms with van der Waals surface area (Å²) in [4.78, 5) is 25.7. The molecule has 1 aliphatic heterocycles. The van der Waals surface area contributed by atoms with Crippen molar-refractivity contribution in [1.29, 1.82) is 0 Å². The molecule has 1 aliphatic rings. The average molecular weight is 267 g/mol. The first kappa shape index (κ1) is 17.9. The number of carbonyl (C=O) groups is 2. The van der Waals surface area contributed by atoms with E-state index >= 15 is 0 Å². The third-order valence-corrected chi connectivity index (χ3v) is 4.47. The Balaban J connectivity index is 0.00000154. The zero-order valence-electron chi connectivity index (χ0n) is 13.8. The largest absolute Gasteiger partial charge is 0.310 e. The van der Waals surface area contributed by atoms with E-state index < -0.39 is 11.0 Å². The van der Waals surface area contributed by atoms with Gasteiger partial charge in [-0.2, -0.15) is 0 Å². The fourth-order valence-electron chi connectivity index (χ4n) is 2.29. The van der Waals surface area contributed by atoms with Gasteiger partial charge >= 0.3 is 0 Å². The van der Waals surface area contributed by atoms with Crippen LogP contribution in [0.25, 0.3) is 0 Å². The number of amides is 1. The fourth-order valence-corrected chi connectivity index (χ4v) is 2.29. The van der Waals surface area contributed by atoms with Crippen LogP contribution in [0.4, 0.5) is 0 Å². The van der Waals surface area contributed by atoms with Crippen LogP contribution in [0.2, 0.25) is 0 Å². The average Bonchev–Trinajstić information content (AvgIpc) is 2.55. The van der Waals surface area contributed by atoms with Gasteiger partial charge in [-0.1, -0.05) is 41.2 Å². The molecule has 1 unspecified atom stereocenters. The van der Waals surface area contributed by atoms with Crippen LogP contribution in [-0.2, 0) is 9.59 Å². The van der Waals surface area contributed by atoms with Crippen LogP contribution in [0.1, 0.15) is 61.8 Å². The van der Waals surface area contributed by atoms with Gasteiger partial charge in [0.1, 0.15) is 5.78 Å². The summed E-state index contributed by atoms with van der Waals surface area (Å²) < 4.78 is 0. The van der Waals surface area contributed by atoms with E-state index in [9.17, 15) is 9.59 Å². The summed E-state index contributed by atoms with van der Waals surface area (Å²) in [6.07, 6.45) is 0.691. The van der Waals surface area contributed by atoms with Crippen molar-refractivity contribution in [3.05, 3.63) is 12.3 Å². The lowest BCUT2D eigenvalue weighted by Crippen LogP contribution is -2.56. The number of allylic oxidation sites excluding steroid dienone is 1. The number of Topliss-reactive ketones (excluding diaryl/α,β-unsaturated/α-hetero) is 1. The van der Waals surface area contributed by atoms with E-state index in [4.69, 9.17) is 0 Å². The van der Waals surface area contributed by atoms with Crippen LogP contribution in [0.3, 0.4) is 0 Å². The normalized spacial score (nSPS) is 20.2. The van der Waals surface area contributed by atoms with Crippen molar-refractivity contribution in [2.24, 2.45) is 11.3 Å². The van der Waals surface area contributed by atoms with Crippen LogP contribution in [0.5, 0.6) is 0 Å². The summed E-state index contributed by atoms with van der Waals surface area (Å²) in [6, 6.07) is 0. The third-order valence-electron chi connectivity index (χ3n) is 4.47. The summed E-state index contributed by atoms with van der Waals surface area (Å²) >= 11 is 0. The molecule has 110 valence electrons. The standard InChI is InChI=1S/C14H23NO2.C2H6/c1-9-8-10(2)15(12(9)17)14(6,7)13(4,5)11(3)16;1-2/h9H,2,8H2,1,3-7H3;1-2H3. The quantitative estimate of drug-likeness (QED) is 0.780. The van der Waals surface area contributed by atoms with Gasteiger partial charge in [-0.15, -0.1) is 0 Å². The Morgan fingerprint density at radius 1 is 1.26 bits per heavy atom. The Hall–Kier alpha value is -1.12. The van der Waals surface area contributed by atoms with Crippen LogP contribution in [-0.4, -0.2) is 22.1 Å². The molecule has 0 aliphatic carbocycles. The van der Waals surface area contributed by atoms with Gasteiger partial charge < -0.3 is 4.90 Å². The Morgan fingerprint density at radius 3 is 1.95 bits per heavy atom. The van der Waals surface area contributed by atoms with Gasteiger partial charge in [0, 0.05) is 17.0 Å². The Morgan fingerprint density at radius 2 is 1.68 bits per heavy atom. The summed E-state index contributed by atoms with van der Waals surface area (Å²) in [5.41, 5.74) is -0.310. The van der Waals surface area contributed by atoms with Crippen molar-refractivity contribution >= 4 is 11.7 Å². The number of hydrogen-bond acceptors (Lipinski definition) is 2. The van der Waals surface area contributed by atoms with Crippen LogP contribution in [0, 0.1) is 11.3 Å². The maximum absolute atomic E-state index is 12.2. The number of likely N-dealkylation sites (tertiary alicyclic amines) is 1. The molecule has 0 aromatic heterocycles. The Kier molecular flexibility index (Phi) is 5.54. The van der Waals surface area contributed by atoms with E-state index in [1.807, 2.05) is 48.5 Å². The molecule has 1 rings (SSSR count). The van der Waals surface area contributed by atoms with Crippen molar-refractivity contribution in [2.75, 3.05) is 0 Å². The fraction of sp³-hybridized carbons (Fsp3) is 0.750. The van der Waals surface area contributed by atoms with E-state index in [-0.39, 0.29) is 17.6 Å². The number of hydrogen-bond donors (Lipinski definition) is 0. The summed E-state index contributed by atoms with van der Waals surface area (Å²) in [6.45, 7) is 19.1. The van der Waals surface area contributed by atoms with Crippen molar-refractivity contribution in [2.45, 2.75) is 67.3 Å². The van der Waals surface area contributed by atoms with Crippen molar-refractivity contribution in [3.63, 3.8) is 0 Å². The lowest BCUT2D eigenvalue weighted by molar-refractivity contribution is -0.142. The maximum Gasteiger partial charge on any atom is 0.230 e. The van der Waals surface area contributed by atoms with Gasteiger partial charge in [0.25, 0.3) is 0 Å². The van der Waals surface area contributed by atoms with E-state index in [1.165, 1.54) is 0 Å². The molecule has 0 spiro atoms. The molecule has 0 radical (unpaired) electrons. The number of rotatable bonds is 3. The predicted molar refractivity (Wildman–Crippen MR) is 79.7 cm³/mol. The molecule has 0 saturated carbocycles. The molecular formula is C16H29NO2. The molecule has 1 saturated heterocycles. The van der Waals surface area contributed by atoms with Crippen LogP contribution < -0.4 is 0 Å². The van der Waals surface area contributed by atoms with E-state index in [1.54, 1.807) is 11.8 Å². The lowest BCUT2D eigenvalue weighted by Gasteiger charge is -2.46. The molecule has 3 nitrogen and oxygen atoms in total. The molecule has 1 fully saturated rings. The van der Waals surface area contributed by atoms with Crippen LogP contribution in [0.15, 0.2) is 12.3 Å². The molecule has 0 N–H and O–H groups in total. The molecule has 1 atom stereocenters. The minimum atomic E-state index is -0.588. The topological polar surface area (TPSA) is 37.4 Å². The number of nitrogens with zero attached hydrogens (tertiary/aromatic N) is 1. The highest BCUT2D eigenvalue weighted by Gasteiger charge is 2.50. The van der Waals surface area contributed by atoms with Crippen LogP contribution >= 0.6 is 0 Å². The Labute approximate surface area is 118 Å². The van der Waals surface area contributed by atoms with E-state index in [0.717, 1.165) is 5.70 Å². The Bertz CT molecular complexity index is 380. The van der Waals surface area contributed by atoms with Crippen molar-refractivity contribution < 1.29 is 9.59 Å². The molecule has 0 bridgehead atoms. The second-order valence-electron chi connectivity index (χ2n) is 6.09. The second-order valence-corrected chi connectivity index (χ2v) is 6.09. The molecular weight excluding hydrogens is 238 g/mol. The highest BCUT2D eigenvalue weighted by Crippen LogP contribution is 2.43. The minimum Gasteiger partial charge on any atom is -0.310 e. The summed E-state index contributed by atoms with van der Waals surface area (Å²) in [7, 11) is 0. The number of carbonyl (C=O) groups excluding carboxylic acids is 2. The second kappa shape index (κ2) is 5.89. The number of ketones is 1. The first-order valence-electron chi connectivity index (χ1n) is 7.06. The minimum absolute atomic E-state index is 0.0236. The molecule has 0 aromatic carbocycles. The van der Waals surface area contributed by atoms with Gasteiger partial charge in [0.05, 0.1) is 5.54 Å². The summed E-state index contributed by atoms with van der Waals surface area (Å²) in [5, 5.41) is 0. The maximum atomic E-state index is 12.2. The summed E-state index contributed by atoms with van der Waals surface area (Å²) in [5.74, 6) is 0.140. The van der Waals surface area contributed by atoms with E-state index in [2.05, 4.69) is 6.58 Å². The highest BCUT2D eigenvalue weighted by molar-refractivity contribution is 5.88. The van der Waals surface area contributed by atoms with Gasteiger partial charge in [-0.25, -0.2) is 0 Å².